The quantitative estimate of drug-likeness (QED) is 0.199. The average molecular weight is 617 g/mol. The van der Waals surface area contributed by atoms with Crippen LogP contribution in [0.15, 0.2) is 106 Å². The van der Waals surface area contributed by atoms with E-state index in [0.29, 0.717) is 5.82 Å². The molecule has 0 aliphatic heterocycles. The molecule has 0 fully saturated rings. The minimum atomic E-state index is -0.361. The lowest BCUT2D eigenvalue weighted by Crippen LogP contribution is -2.18. The molecule has 0 bridgehead atoms. The highest BCUT2D eigenvalue weighted by molar-refractivity contribution is 9.11. The fourth-order valence-electron chi connectivity index (χ4n) is 4.07. The zero-order valence-electron chi connectivity index (χ0n) is 19.2. The summed E-state index contributed by atoms with van der Waals surface area (Å²) >= 11 is 7.22. The number of imidazole rings is 1. The number of H-pyrrole nitrogens is 1. The summed E-state index contributed by atoms with van der Waals surface area (Å²) in [6.07, 6.45) is 1.68. The third-order valence-corrected chi connectivity index (χ3v) is 6.68. The Bertz CT molecular complexity index is 1650. The van der Waals surface area contributed by atoms with Crippen LogP contribution < -0.4 is 10.1 Å². The summed E-state index contributed by atoms with van der Waals surface area (Å²) in [7, 11) is 0. The van der Waals surface area contributed by atoms with Gasteiger partial charge in [-0.2, -0.15) is 4.68 Å². The fourth-order valence-corrected chi connectivity index (χ4v) is 5.39. The molecule has 0 radical (unpaired) electrons. The molecule has 1 unspecified atom stereocenters. The maximum Gasteiger partial charge on any atom is 0.183 e. The van der Waals surface area contributed by atoms with Crippen molar-refractivity contribution in [3.8, 4) is 17.2 Å². The van der Waals surface area contributed by atoms with Gasteiger partial charge in [-0.25, -0.2) is 4.98 Å². The first-order chi connectivity index (χ1) is 18.1. The molecule has 0 aliphatic carbocycles. The van der Waals surface area contributed by atoms with Crippen molar-refractivity contribution in [3.63, 3.8) is 0 Å². The third-order valence-electron chi connectivity index (χ3n) is 5.76. The third kappa shape index (κ3) is 5.11. The summed E-state index contributed by atoms with van der Waals surface area (Å²) < 4.78 is 9.54. The second-order valence-corrected chi connectivity index (χ2v) is 10.1. The summed E-state index contributed by atoms with van der Waals surface area (Å²) in [4.78, 5) is 7.51. The Balaban J connectivity index is 1.36. The molecule has 1 atom stereocenters. The Labute approximate surface area is 229 Å². The van der Waals surface area contributed by atoms with Gasteiger partial charge in [0.05, 0.1) is 23.0 Å². The molecular weight excluding hydrogens is 598 g/mol. The van der Waals surface area contributed by atoms with Crippen molar-refractivity contribution in [1.29, 1.82) is 0 Å². The number of hydrogen-bond acceptors (Lipinski definition) is 6. The highest BCUT2D eigenvalue weighted by atomic mass is 79.9. The van der Waals surface area contributed by atoms with Crippen molar-refractivity contribution < 1.29 is 4.74 Å². The van der Waals surface area contributed by atoms with E-state index in [9.17, 15) is 0 Å². The molecule has 6 rings (SSSR count). The van der Waals surface area contributed by atoms with E-state index >= 15 is 0 Å². The molecule has 2 heterocycles. The maximum absolute atomic E-state index is 5.94. The lowest BCUT2D eigenvalue weighted by atomic mass is 10.1. The van der Waals surface area contributed by atoms with Gasteiger partial charge in [-0.3, -0.25) is 0 Å². The number of halogens is 2. The van der Waals surface area contributed by atoms with E-state index in [-0.39, 0.29) is 6.04 Å². The van der Waals surface area contributed by atoms with Crippen LogP contribution in [0.3, 0.4) is 0 Å². The predicted molar refractivity (Wildman–Crippen MR) is 149 cm³/mol. The normalized spacial score (nSPS) is 11.9. The summed E-state index contributed by atoms with van der Waals surface area (Å²) in [6, 6.07) is 29.0. The summed E-state index contributed by atoms with van der Waals surface area (Å²) in [5.41, 5.74) is 4.51. The summed E-state index contributed by atoms with van der Waals surface area (Å²) in [5.74, 6) is 2.13. The van der Waals surface area contributed by atoms with Crippen LogP contribution in [0.2, 0.25) is 0 Å². The Morgan fingerprint density at radius 1 is 0.838 bits per heavy atom. The Morgan fingerprint density at radius 2 is 1.59 bits per heavy atom. The van der Waals surface area contributed by atoms with Crippen LogP contribution in [-0.2, 0) is 0 Å². The molecule has 2 N–H and O–H groups in total. The number of fused-ring (bicyclic) bond motifs is 1. The molecule has 4 aromatic carbocycles. The van der Waals surface area contributed by atoms with Crippen LogP contribution >= 0.6 is 31.9 Å². The van der Waals surface area contributed by atoms with Crippen LogP contribution in [0.5, 0.6) is 11.5 Å². The van der Waals surface area contributed by atoms with Crippen molar-refractivity contribution in [3.05, 3.63) is 118 Å². The van der Waals surface area contributed by atoms with Crippen molar-refractivity contribution in [2.75, 3.05) is 5.32 Å². The second-order valence-electron chi connectivity index (χ2n) is 8.27. The number of anilines is 1. The lowest BCUT2D eigenvalue weighted by Gasteiger charge is -2.20. The number of nitrogens with one attached hydrogen (secondary N) is 2. The summed E-state index contributed by atoms with van der Waals surface area (Å²) in [6.45, 7) is 0. The molecule has 0 saturated heterocycles. The molecule has 0 aliphatic rings. The van der Waals surface area contributed by atoms with E-state index in [2.05, 4.69) is 62.7 Å². The zero-order valence-corrected chi connectivity index (χ0v) is 22.4. The van der Waals surface area contributed by atoms with Crippen molar-refractivity contribution in [1.82, 2.24) is 30.2 Å². The number of ether oxygens (including phenoxy) is 1. The van der Waals surface area contributed by atoms with Gasteiger partial charge >= 0.3 is 0 Å². The molecule has 10 heteroatoms. The first kappa shape index (κ1) is 23.4. The van der Waals surface area contributed by atoms with Crippen molar-refractivity contribution in [2.45, 2.75) is 6.04 Å². The fraction of sp³-hybridized carbons (Fsp3) is 0.0370. The monoisotopic (exact) mass is 615 g/mol. The smallest absolute Gasteiger partial charge is 0.183 e. The van der Waals surface area contributed by atoms with Gasteiger partial charge in [-0.05, 0) is 88.8 Å². The number of aromatic nitrogens is 6. The minimum absolute atomic E-state index is 0.361. The molecule has 8 nitrogen and oxygen atoms in total. The van der Waals surface area contributed by atoms with Gasteiger partial charge in [-0.1, -0.05) is 50.1 Å². The molecule has 0 amide bonds. The van der Waals surface area contributed by atoms with Gasteiger partial charge in [0.25, 0.3) is 0 Å². The van der Waals surface area contributed by atoms with E-state index in [1.165, 1.54) is 0 Å². The molecule has 0 spiro atoms. The Morgan fingerprint density at radius 3 is 2.38 bits per heavy atom. The first-order valence-corrected chi connectivity index (χ1v) is 13.0. The SMILES string of the molecule is Brc1cc(Br)cc(C(Nc2ccc3[nH]cnc3c2)c2nnnn2-c2ccc(Oc3ccccc3)cc2)c1. The van der Waals surface area contributed by atoms with E-state index in [1.54, 1.807) is 11.0 Å². The molecule has 6 aromatic rings. The maximum atomic E-state index is 5.94. The zero-order chi connectivity index (χ0) is 25.2. The topological polar surface area (TPSA) is 93.5 Å². The first-order valence-electron chi connectivity index (χ1n) is 11.4. The summed E-state index contributed by atoms with van der Waals surface area (Å²) in [5, 5.41) is 16.4. The largest absolute Gasteiger partial charge is 0.457 e. The molecule has 37 heavy (non-hydrogen) atoms. The van der Waals surface area contributed by atoms with Crippen LogP contribution in [-0.4, -0.2) is 30.2 Å². The number of benzene rings is 4. The minimum Gasteiger partial charge on any atom is -0.457 e. The van der Waals surface area contributed by atoms with Gasteiger partial charge in [0.2, 0.25) is 0 Å². The molecular formula is C27H19Br2N7O. The molecule has 0 saturated carbocycles. The molecule has 182 valence electrons. The van der Waals surface area contributed by atoms with E-state index in [0.717, 1.165) is 48.4 Å². The predicted octanol–water partition coefficient (Wildman–Crippen LogP) is 7.06. The van der Waals surface area contributed by atoms with Gasteiger partial charge in [-0.15, -0.1) is 5.10 Å². The standard InChI is InChI=1S/C27H19Br2N7O/c28-18-12-17(13-19(29)14-18)26(32-20-6-11-24-25(15-20)31-16-30-24)27-33-34-35-36(27)21-7-9-23(10-8-21)37-22-4-2-1-3-5-22/h1-16,26,32H,(H,30,31). The lowest BCUT2D eigenvalue weighted by molar-refractivity contribution is 0.482. The highest BCUT2D eigenvalue weighted by Crippen LogP contribution is 2.32. The highest BCUT2D eigenvalue weighted by Gasteiger charge is 2.23. The number of rotatable bonds is 7. The van der Waals surface area contributed by atoms with Crippen LogP contribution in [0, 0.1) is 0 Å². The van der Waals surface area contributed by atoms with Crippen LogP contribution in [0.25, 0.3) is 16.7 Å². The van der Waals surface area contributed by atoms with Crippen LogP contribution in [0.1, 0.15) is 17.4 Å². The van der Waals surface area contributed by atoms with E-state index < -0.39 is 0 Å². The second kappa shape index (κ2) is 10.2. The number of nitrogens with zero attached hydrogens (tertiary/aromatic N) is 5. The Hall–Kier alpha value is -4.02. The molecule has 2 aromatic heterocycles. The average Bonchev–Trinajstić information content (AvgIpc) is 3.57. The van der Waals surface area contributed by atoms with E-state index in [4.69, 9.17) is 4.74 Å². The van der Waals surface area contributed by atoms with Crippen molar-refractivity contribution >= 4 is 48.6 Å². The van der Waals surface area contributed by atoms with Crippen molar-refractivity contribution in [2.24, 2.45) is 0 Å². The van der Waals surface area contributed by atoms with Crippen LogP contribution in [0.4, 0.5) is 5.69 Å². The van der Waals surface area contributed by atoms with Gasteiger partial charge in [0.1, 0.15) is 17.5 Å². The number of hydrogen-bond donors (Lipinski definition) is 2. The number of tetrazole rings is 1. The Kier molecular flexibility index (Phi) is 6.42. The number of para-hydroxylation sites is 1. The van der Waals surface area contributed by atoms with Gasteiger partial charge in [0, 0.05) is 14.6 Å². The van der Waals surface area contributed by atoms with E-state index in [1.807, 2.05) is 91.0 Å². The number of aromatic amines is 1. The van der Waals surface area contributed by atoms with Gasteiger partial charge < -0.3 is 15.0 Å². The van der Waals surface area contributed by atoms with Gasteiger partial charge in [0.15, 0.2) is 5.82 Å².